The van der Waals surface area contributed by atoms with Crippen LogP contribution >= 0.6 is 0 Å². The monoisotopic (exact) mass is 474 g/mol. The summed E-state index contributed by atoms with van der Waals surface area (Å²) in [6, 6.07) is 12.3. The molecule has 2 rings (SSSR count). The second kappa shape index (κ2) is 10.8. The van der Waals surface area contributed by atoms with Crippen molar-refractivity contribution < 1.29 is 18.0 Å². The van der Waals surface area contributed by atoms with Crippen molar-refractivity contribution in [2.24, 2.45) is 0 Å². The predicted molar refractivity (Wildman–Crippen MR) is 131 cm³/mol. The highest BCUT2D eigenvalue weighted by atomic mass is 32.2. The fraction of sp³-hybridized carbons (Fsp3) is 0.417. The van der Waals surface area contributed by atoms with E-state index in [-0.39, 0.29) is 12.5 Å². The number of carbonyl (C=O) groups excluding carboxylic acids is 2. The standard InChI is InChI=1S/C24H34N4O4S/c1-17-9-8-10-21(13-17)15-27(20(4)24(30)25-5)23(29)16-28(33(31,32)26(6)7)22-14-18(2)11-12-19(22)3/h8-14,20H,15-16H2,1-7H3,(H,25,30)/t20-/m0/s1. The molecule has 0 unspecified atom stereocenters. The number of aryl methyl sites for hydroxylation is 3. The van der Waals surface area contributed by atoms with Crippen LogP contribution in [0.1, 0.15) is 29.2 Å². The van der Waals surface area contributed by atoms with E-state index < -0.39 is 28.7 Å². The minimum Gasteiger partial charge on any atom is -0.357 e. The van der Waals surface area contributed by atoms with Crippen LogP contribution in [-0.4, -0.2) is 63.2 Å². The van der Waals surface area contributed by atoms with Crippen LogP contribution in [0.5, 0.6) is 0 Å². The maximum Gasteiger partial charge on any atom is 0.304 e. The Morgan fingerprint density at radius 2 is 1.64 bits per heavy atom. The molecule has 0 heterocycles. The van der Waals surface area contributed by atoms with Crippen molar-refractivity contribution in [2.75, 3.05) is 32.0 Å². The summed E-state index contributed by atoms with van der Waals surface area (Å²) in [5.41, 5.74) is 3.91. The molecule has 33 heavy (non-hydrogen) atoms. The van der Waals surface area contributed by atoms with Crippen molar-refractivity contribution in [2.45, 2.75) is 40.3 Å². The highest BCUT2D eigenvalue weighted by Crippen LogP contribution is 2.26. The number of hydrogen-bond acceptors (Lipinski definition) is 4. The molecule has 2 aromatic rings. The third-order valence-electron chi connectivity index (χ3n) is 5.50. The van der Waals surface area contributed by atoms with Crippen molar-refractivity contribution >= 4 is 27.7 Å². The Hall–Kier alpha value is -2.91. The molecule has 0 aliphatic rings. The quantitative estimate of drug-likeness (QED) is 0.604. The summed E-state index contributed by atoms with van der Waals surface area (Å²) in [7, 11) is 0.387. The van der Waals surface area contributed by atoms with Crippen LogP contribution < -0.4 is 9.62 Å². The van der Waals surface area contributed by atoms with Gasteiger partial charge in [0.25, 0.3) is 0 Å². The van der Waals surface area contributed by atoms with E-state index >= 15 is 0 Å². The summed E-state index contributed by atoms with van der Waals surface area (Å²) in [6.45, 7) is 6.99. The van der Waals surface area contributed by atoms with Gasteiger partial charge >= 0.3 is 10.2 Å². The number of hydrogen-bond donors (Lipinski definition) is 1. The SMILES string of the molecule is CNC(=O)[C@H](C)N(Cc1cccc(C)c1)C(=O)CN(c1cc(C)ccc1C)S(=O)(=O)N(C)C. The molecule has 0 radical (unpaired) electrons. The maximum absolute atomic E-state index is 13.6. The number of amides is 2. The lowest BCUT2D eigenvalue weighted by Gasteiger charge is -2.33. The Morgan fingerprint density at radius 1 is 1.00 bits per heavy atom. The second-order valence-corrected chi connectivity index (χ2v) is 10.5. The van der Waals surface area contributed by atoms with Crippen molar-refractivity contribution in [3.63, 3.8) is 0 Å². The molecular formula is C24H34N4O4S. The summed E-state index contributed by atoms with van der Waals surface area (Å²) < 4.78 is 28.6. The highest BCUT2D eigenvalue weighted by Gasteiger charge is 2.33. The van der Waals surface area contributed by atoms with Crippen LogP contribution in [-0.2, 0) is 26.3 Å². The Kier molecular flexibility index (Phi) is 8.63. The van der Waals surface area contributed by atoms with Gasteiger partial charge < -0.3 is 10.2 Å². The minimum atomic E-state index is -3.97. The molecule has 9 heteroatoms. The van der Waals surface area contributed by atoms with Crippen LogP contribution in [0.2, 0.25) is 0 Å². The van der Waals surface area contributed by atoms with E-state index in [0.717, 1.165) is 30.9 Å². The van der Waals surface area contributed by atoms with Gasteiger partial charge in [-0.2, -0.15) is 12.7 Å². The molecule has 1 N–H and O–H groups in total. The van der Waals surface area contributed by atoms with E-state index in [0.29, 0.717) is 5.69 Å². The summed E-state index contributed by atoms with van der Waals surface area (Å²) in [5.74, 6) is -0.802. The molecule has 0 aliphatic heterocycles. The fourth-order valence-corrected chi connectivity index (χ4v) is 4.60. The van der Waals surface area contributed by atoms with Crippen molar-refractivity contribution in [3.8, 4) is 0 Å². The highest BCUT2D eigenvalue weighted by molar-refractivity contribution is 7.90. The zero-order valence-corrected chi connectivity index (χ0v) is 21.2. The van der Waals surface area contributed by atoms with E-state index in [1.807, 2.05) is 50.2 Å². The number of benzene rings is 2. The topological polar surface area (TPSA) is 90.0 Å². The molecule has 8 nitrogen and oxygen atoms in total. The van der Waals surface area contributed by atoms with Gasteiger partial charge in [-0.3, -0.25) is 9.59 Å². The molecule has 0 aliphatic carbocycles. The minimum absolute atomic E-state index is 0.178. The Bertz CT molecular complexity index is 1120. The summed E-state index contributed by atoms with van der Waals surface area (Å²) in [6.07, 6.45) is 0. The van der Waals surface area contributed by atoms with E-state index in [1.165, 1.54) is 26.0 Å². The van der Waals surface area contributed by atoms with Crippen molar-refractivity contribution in [1.82, 2.24) is 14.5 Å². The van der Waals surface area contributed by atoms with Crippen LogP contribution in [0.15, 0.2) is 42.5 Å². The van der Waals surface area contributed by atoms with Gasteiger partial charge in [0.05, 0.1) is 5.69 Å². The van der Waals surface area contributed by atoms with Gasteiger partial charge in [-0.05, 0) is 50.5 Å². The van der Waals surface area contributed by atoms with E-state index in [4.69, 9.17) is 0 Å². The molecule has 0 bridgehead atoms. The van der Waals surface area contributed by atoms with Gasteiger partial charge in [-0.25, -0.2) is 4.31 Å². The molecule has 1 atom stereocenters. The molecule has 2 aromatic carbocycles. The lowest BCUT2D eigenvalue weighted by molar-refractivity contribution is -0.139. The van der Waals surface area contributed by atoms with E-state index in [9.17, 15) is 18.0 Å². The number of anilines is 1. The summed E-state index contributed by atoms with van der Waals surface area (Å²) in [5, 5.41) is 2.57. The molecule has 2 amide bonds. The van der Waals surface area contributed by atoms with Crippen LogP contribution in [0.25, 0.3) is 0 Å². The average molecular weight is 475 g/mol. The number of nitrogens with zero attached hydrogens (tertiary/aromatic N) is 3. The van der Waals surface area contributed by atoms with Gasteiger partial charge in [0, 0.05) is 27.7 Å². The lowest BCUT2D eigenvalue weighted by atomic mass is 10.1. The molecule has 0 saturated heterocycles. The first kappa shape index (κ1) is 26.3. The number of nitrogens with one attached hydrogen (secondary N) is 1. The van der Waals surface area contributed by atoms with Crippen LogP contribution in [0, 0.1) is 20.8 Å². The van der Waals surface area contributed by atoms with E-state index in [2.05, 4.69) is 5.32 Å². The van der Waals surface area contributed by atoms with Gasteiger partial charge in [-0.15, -0.1) is 0 Å². The molecule has 0 fully saturated rings. The zero-order valence-electron chi connectivity index (χ0n) is 20.4. The molecule has 180 valence electrons. The molecule has 0 saturated carbocycles. The normalized spacial score (nSPS) is 12.4. The second-order valence-electron chi connectivity index (χ2n) is 8.39. The molecular weight excluding hydrogens is 440 g/mol. The van der Waals surface area contributed by atoms with E-state index in [1.54, 1.807) is 19.9 Å². The van der Waals surface area contributed by atoms with Crippen molar-refractivity contribution in [3.05, 3.63) is 64.7 Å². The molecule has 0 aromatic heterocycles. The predicted octanol–water partition coefficient (Wildman–Crippen LogP) is 2.39. The maximum atomic E-state index is 13.6. The third kappa shape index (κ3) is 6.33. The fourth-order valence-electron chi connectivity index (χ4n) is 3.49. The van der Waals surface area contributed by atoms with Crippen LogP contribution in [0.4, 0.5) is 5.69 Å². The van der Waals surface area contributed by atoms with Gasteiger partial charge in [0.1, 0.15) is 12.6 Å². The Balaban J connectivity index is 2.51. The lowest BCUT2D eigenvalue weighted by Crippen LogP contribution is -2.52. The van der Waals surface area contributed by atoms with Crippen LogP contribution in [0.3, 0.4) is 0 Å². The summed E-state index contributed by atoms with van der Waals surface area (Å²) in [4.78, 5) is 27.4. The molecule has 0 spiro atoms. The smallest absolute Gasteiger partial charge is 0.304 e. The average Bonchev–Trinajstić information content (AvgIpc) is 2.76. The first-order valence-corrected chi connectivity index (χ1v) is 12.1. The van der Waals surface area contributed by atoms with Gasteiger partial charge in [0.15, 0.2) is 0 Å². The number of rotatable bonds is 9. The van der Waals surface area contributed by atoms with Gasteiger partial charge in [0.2, 0.25) is 11.8 Å². The Morgan fingerprint density at radius 3 is 2.21 bits per heavy atom. The van der Waals surface area contributed by atoms with Crippen molar-refractivity contribution in [1.29, 1.82) is 0 Å². The number of likely N-dealkylation sites (N-methyl/N-ethyl adjacent to an activating group) is 1. The number of carbonyl (C=O) groups is 2. The first-order valence-electron chi connectivity index (χ1n) is 10.7. The van der Waals surface area contributed by atoms with Gasteiger partial charge in [-0.1, -0.05) is 42.0 Å². The zero-order chi connectivity index (χ0) is 24.9. The largest absolute Gasteiger partial charge is 0.357 e. The first-order chi connectivity index (χ1) is 15.4. The summed E-state index contributed by atoms with van der Waals surface area (Å²) >= 11 is 0. The third-order valence-corrected chi connectivity index (χ3v) is 7.31. The Labute approximate surface area is 197 Å².